The van der Waals surface area contributed by atoms with Crippen molar-refractivity contribution in [3.8, 4) is 0 Å². The Morgan fingerprint density at radius 2 is 1.35 bits per heavy atom. The molecular formula is C20H40O4Si2. The van der Waals surface area contributed by atoms with Crippen molar-refractivity contribution in [1.82, 2.24) is 0 Å². The molecule has 152 valence electrons. The molecule has 0 aromatic carbocycles. The van der Waals surface area contributed by atoms with Crippen LogP contribution in [0.2, 0.25) is 36.3 Å². The molecule has 0 bridgehead atoms. The molecule has 2 aliphatic rings. The summed E-state index contributed by atoms with van der Waals surface area (Å²) < 4.78 is 18.9. The largest absolute Gasteiger partial charge is 0.465 e. The van der Waals surface area contributed by atoms with Crippen LogP contribution in [0, 0.1) is 11.8 Å². The fourth-order valence-corrected chi connectivity index (χ4v) is 6.24. The zero-order chi connectivity index (χ0) is 20.1. The molecule has 2 rings (SSSR count). The number of carbonyl (C=O) groups excluding carboxylic acids is 1. The lowest BCUT2D eigenvalue weighted by atomic mass is 9.89. The third-order valence-electron chi connectivity index (χ3n) is 7.28. The Labute approximate surface area is 162 Å². The second-order valence-corrected chi connectivity index (χ2v) is 20.7. The molecule has 0 amide bonds. The van der Waals surface area contributed by atoms with E-state index in [1.165, 1.54) is 0 Å². The van der Waals surface area contributed by atoms with Gasteiger partial charge in [0.15, 0.2) is 16.6 Å². The third kappa shape index (κ3) is 4.28. The van der Waals surface area contributed by atoms with Gasteiger partial charge in [-0.2, -0.15) is 0 Å². The summed E-state index contributed by atoms with van der Waals surface area (Å²) in [6.45, 7) is 23.2. The normalized spacial score (nSPS) is 30.9. The van der Waals surface area contributed by atoms with E-state index in [0.717, 1.165) is 12.8 Å². The molecule has 1 saturated carbocycles. The monoisotopic (exact) mass is 400 g/mol. The van der Waals surface area contributed by atoms with Crippen molar-refractivity contribution in [1.29, 1.82) is 0 Å². The summed E-state index contributed by atoms with van der Waals surface area (Å²) in [7, 11) is -3.84. The summed E-state index contributed by atoms with van der Waals surface area (Å²) >= 11 is 0. The van der Waals surface area contributed by atoms with Gasteiger partial charge in [-0.05, 0) is 49.1 Å². The Morgan fingerprint density at radius 1 is 0.885 bits per heavy atom. The molecule has 0 radical (unpaired) electrons. The maximum Gasteiger partial charge on any atom is 0.311 e. The minimum absolute atomic E-state index is 0.0662. The van der Waals surface area contributed by atoms with Crippen LogP contribution < -0.4 is 0 Å². The first-order valence-electron chi connectivity index (χ1n) is 10.1. The number of rotatable bonds is 4. The predicted octanol–water partition coefficient (Wildman–Crippen LogP) is 5.35. The summed E-state index contributed by atoms with van der Waals surface area (Å²) in [5.41, 5.74) is 0. The SMILES string of the molecule is CC(C)(C)[Si](C)(C)O[C@H]1C[C@@H](O[Si](C)(C)C(C)(C)C)[C@@H]2C(=O)OCC[C@@H]21. The number of hydrogen-bond donors (Lipinski definition) is 0. The first-order valence-corrected chi connectivity index (χ1v) is 15.9. The standard InChI is InChI=1S/C20H40O4Si2/c1-19(2,3)25(7,8)23-15-13-16(24-26(9,10)20(4,5)6)17-14(15)11-12-22-18(17)21/h14-17H,11-13H2,1-10H3/t14-,15+,16-,17-/m1/s1. The van der Waals surface area contributed by atoms with Gasteiger partial charge in [-0.25, -0.2) is 0 Å². The topological polar surface area (TPSA) is 44.8 Å². The van der Waals surface area contributed by atoms with Gasteiger partial charge in [0.05, 0.1) is 24.7 Å². The van der Waals surface area contributed by atoms with Gasteiger partial charge in [-0.1, -0.05) is 41.5 Å². The lowest BCUT2D eigenvalue weighted by Gasteiger charge is -2.40. The van der Waals surface area contributed by atoms with Crippen molar-refractivity contribution in [3.63, 3.8) is 0 Å². The highest BCUT2D eigenvalue weighted by molar-refractivity contribution is 6.74. The Kier molecular flexibility index (Phi) is 5.97. The molecule has 0 unspecified atom stereocenters. The minimum atomic E-state index is -1.95. The molecule has 0 spiro atoms. The number of hydrogen-bond acceptors (Lipinski definition) is 4. The fraction of sp³-hybridized carbons (Fsp3) is 0.950. The van der Waals surface area contributed by atoms with E-state index in [1.807, 2.05) is 0 Å². The smallest absolute Gasteiger partial charge is 0.311 e. The highest BCUT2D eigenvalue weighted by atomic mass is 28.4. The molecule has 1 heterocycles. The van der Waals surface area contributed by atoms with E-state index in [9.17, 15) is 4.79 Å². The first-order chi connectivity index (χ1) is 11.6. The van der Waals surface area contributed by atoms with Crippen molar-refractivity contribution >= 4 is 22.6 Å². The van der Waals surface area contributed by atoms with E-state index in [0.29, 0.717) is 6.61 Å². The maximum absolute atomic E-state index is 12.6. The van der Waals surface area contributed by atoms with Gasteiger partial charge in [0.25, 0.3) is 0 Å². The predicted molar refractivity (Wildman–Crippen MR) is 111 cm³/mol. The third-order valence-corrected chi connectivity index (χ3v) is 16.3. The van der Waals surface area contributed by atoms with Crippen molar-refractivity contribution in [2.24, 2.45) is 11.8 Å². The van der Waals surface area contributed by atoms with Crippen LogP contribution in [0.15, 0.2) is 0 Å². The summed E-state index contributed by atoms with van der Waals surface area (Å²) in [4.78, 5) is 12.6. The Hall–Kier alpha value is -0.176. The molecule has 1 saturated heterocycles. The maximum atomic E-state index is 12.6. The average Bonchev–Trinajstić information content (AvgIpc) is 2.74. The van der Waals surface area contributed by atoms with Crippen molar-refractivity contribution in [2.45, 2.75) is 103 Å². The molecule has 1 aliphatic heterocycles. The van der Waals surface area contributed by atoms with E-state index < -0.39 is 16.6 Å². The fourth-order valence-electron chi connectivity index (χ4n) is 3.51. The van der Waals surface area contributed by atoms with Crippen LogP contribution in [0.1, 0.15) is 54.4 Å². The Morgan fingerprint density at radius 3 is 1.81 bits per heavy atom. The van der Waals surface area contributed by atoms with Gasteiger partial charge in [0.2, 0.25) is 0 Å². The van der Waals surface area contributed by atoms with Crippen molar-refractivity contribution in [3.05, 3.63) is 0 Å². The number of carbonyl (C=O) groups is 1. The molecule has 6 heteroatoms. The number of ether oxygens (including phenoxy) is 1. The molecular weight excluding hydrogens is 360 g/mol. The van der Waals surface area contributed by atoms with Crippen LogP contribution in [-0.4, -0.2) is 41.4 Å². The van der Waals surface area contributed by atoms with E-state index in [-0.39, 0.29) is 40.1 Å². The number of fused-ring (bicyclic) bond motifs is 1. The van der Waals surface area contributed by atoms with Crippen LogP contribution in [0.3, 0.4) is 0 Å². The van der Waals surface area contributed by atoms with Crippen molar-refractivity contribution < 1.29 is 18.4 Å². The van der Waals surface area contributed by atoms with Crippen molar-refractivity contribution in [2.75, 3.05) is 6.61 Å². The van der Waals surface area contributed by atoms with E-state index in [2.05, 4.69) is 67.7 Å². The number of cyclic esters (lactones) is 1. The zero-order valence-corrected chi connectivity index (χ0v) is 20.6. The number of esters is 1. The molecule has 1 aliphatic carbocycles. The van der Waals surface area contributed by atoms with E-state index in [1.54, 1.807) is 0 Å². The summed E-state index contributed by atoms with van der Waals surface area (Å²) in [5.74, 6) is -0.000854. The summed E-state index contributed by atoms with van der Waals surface area (Å²) in [6, 6.07) is 0. The summed E-state index contributed by atoms with van der Waals surface area (Å²) in [5, 5.41) is 0.287. The Bertz CT molecular complexity index is 531. The molecule has 26 heavy (non-hydrogen) atoms. The lowest BCUT2D eigenvalue weighted by molar-refractivity contribution is -0.159. The van der Waals surface area contributed by atoms with Crippen LogP contribution in [0.4, 0.5) is 0 Å². The molecule has 0 N–H and O–H groups in total. The highest BCUT2D eigenvalue weighted by Crippen LogP contribution is 2.48. The van der Waals surface area contributed by atoms with E-state index >= 15 is 0 Å². The lowest BCUT2D eigenvalue weighted by Crippen LogP contribution is -2.47. The molecule has 0 aromatic rings. The van der Waals surface area contributed by atoms with Gasteiger partial charge in [-0.15, -0.1) is 0 Å². The molecule has 0 aromatic heterocycles. The highest BCUT2D eigenvalue weighted by Gasteiger charge is 2.55. The van der Waals surface area contributed by atoms with Crippen LogP contribution in [0.5, 0.6) is 0 Å². The van der Waals surface area contributed by atoms with Gasteiger partial charge in [0, 0.05) is 5.92 Å². The second kappa shape index (κ2) is 7.01. The second-order valence-electron chi connectivity index (χ2n) is 11.2. The average molecular weight is 401 g/mol. The first kappa shape index (κ1) is 22.1. The molecule has 4 nitrogen and oxygen atoms in total. The van der Waals surface area contributed by atoms with Crippen LogP contribution in [0.25, 0.3) is 0 Å². The Balaban J connectivity index is 2.25. The molecule has 2 fully saturated rings. The molecule has 4 atom stereocenters. The van der Waals surface area contributed by atoms with Crippen LogP contribution in [-0.2, 0) is 18.4 Å². The minimum Gasteiger partial charge on any atom is -0.465 e. The summed E-state index contributed by atoms with van der Waals surface area (Å²) in [6.07, 6.45) is 1.77. The van der Waals surface area contributed by atoms with Gasteiger partial charge >= 0.3 is 5.97 Å². The van der Waals surface area contributed by atoms with Gasteiger partial charge in [0.1, 0.15) is 0 Å². The van der Waals surface area contributed by atoms with Gasteiger partial charge in [-0.3, -0.25) is 4.79 Å². The zero-order valence-electron chi connectivity index (χ0n) is 18.6. The van der Waals surface area contributed by atoms with Crippen LogP contribution >= 0.6 is 0 Å². The van der Waals surface area contributed by atoms with E-state index in [4.69, 9.17) is 13.6 Å². The quantitative estimate of drug-likeness (QED) is 0.471. The van der Waals surface area contributed by atoms with Gasteiger partial charge < -0.3 is 13.6 Å².